The van der Waals surface area contributed by atoms with Crippen LogP contribution >= 0.6 is 12.2 Å². The van der Waals surface area contributed by atoms with Crippen molar-refractivity contribution in [2.75, 3.05) is 39.4 Å². The van der Waals surface area contributed by atoms with Crippen LogP contribution in [-0.2, 0) is 4.74 Å². The molecule has 6 heteroatoms. The summed E-state index contributed by atoms with van der Waals surface area (Å²) in [5.74, 6) is 0. The summed E-state index contributed by atoms with van der Waals surface area (Å²) in [7, 11) is 0. The molecule has 0 atom stereocenters. The Morgan fingerprint density at radius 3 is 2.90 bits per heavy atom. The molecule has 0 aromatic rings. The van der Waals surface area contributed by atoms with E-state index in [2.05, 4.69) is 33.7 Å². The minimum atomic E-state index is 0.609. The molecule has 112 valence electrons. The minimum absolute atomic E-state index is 0.609. The summed E-state index contributed by atoms with van der Waals surface area (Å²) in [5.41, 5.74) is 5.38. The number of hydrogen-bond donors (Lipinski definition) is 2. The first-order valence-electron chi connectivity index (χ1n) is 7.32. The van der Waals surface area contributed by atoms with Gasteiger partial charge in [-0.2, -0.15) is 5.10 Å². The Kier molecular flexibility index (Phi) is 6.42. The van der Waals surface area contributed by atoms with Gasteiger partial charge in [0.05, 0.1) is 18.9 Å². The van der Waals surface area contributed by atoms with Gasteiger partial charge in [-0.15, -0.1) is 0 Å². The Balaban J connectivity index is 1.54. The van der Waals surface area contributed by atoms with E-state index in [0.717, 1.165) is 64.4 Å². The van der Waals surface area contributed by atoms with Crippen molar-refractivity contribution in [3.05, 3.63) is 11.6 Å². The fourth-order valence-electron chi connectivity index (χ4n) is 2.33. The zero-order valence-electron chi connectivity index (χ0n) is 12.2. The van der Waals surface area contributed by atoms with Crippen LogP contribution in [0.25, 0.3) is 0 Å². The molecule has 0 spiro atoms. The summed E-state index contributed by atoms with van der Waals surface area (Å²) in [6, 6.07) is 0. The van der Waals surface area contributed by atoms with Crippen LogP contribution in [0, 0.1) is 0 Å². The second-order valence-corrected chi connectivity index (χ2v) is 5.68. The minimum Gasteiger partial charge on any atom is -0.379 e. The van der Waals surface area contributed by atoms with E-state index in [1.807, 2.05) is 0 Å². The number of allylic oxidation sites excluding steroid dienone is 2. The fourth-order valence-corrected chi connectivity index (χ4v) is 2.48. The average Bonchev–Trinajstić information content (AvgIpc) is 2.88. The van der Waals surface area contributed by atoms with Gasteiger partial charge in [0.2, 0.25) is 0 Å². The third-order valence-corrected chi connectivity index (χ3v) is 3.77. The average molecular weight is 296 g/mol. The highest BCUT2D eigenvalue weighted by Gasteiger charge is 2.09. The number of rotatable bonds is 5. The lowest BCUT2D eigenvalue weighted by Crippen LogP contribution is -2.39. The molecule has 5 nitrogen and oxygen atoms in total. The summed E-state index contributed by atoms with van der Waals surface area (Å²) < 4.78 is 5.32. The van der Waals surface area contributed by atoms with E-state index in [-0.39, 0.29) is 0 Å². The first-order chi connectivity index (χ1) is 9.74. The number of hydrogen-bond acceptors (Lipinski definition) is 4. The first-order valence-corrected chi connectivity index (χ1v) is 7.72. The van der Waals surface area contributed by atoms with Gasteiger partial charge in [0.1, 0.15) is 0 Å². The lowest BCUT2D eigenvalue weighted by molar-refractivity contribution is 0.0376. The van der Waals surface area contributed by atoms with Gasteiger partial charge in [0.25, 0.3) is 0 Å². The molecule has 0 bridgehead atoms. The molecule has 1 fully saturated rings. The van der Waals surface area contributed by atoms with Crippen molar-refractivity contribution >= 4 is 23.0 Å². The van der Waals surface area contributed by atoms with Crippen LogP contribution < -0.4 is 10.7 Å². The molecule has 1 heterocycles. The standard InChI is InChI=1S/C14H24N4OS/c1-12-3-4-13(11-12)16-17-14(20)15-5-2-6-18-7-9-19-10-8-18/h11H,2-10H2,1H3,(H2,15,17,20)/b16-13-. The molecule has 1 aliphatic heterocycles. The van der Waals surface area contributed by atoms with E-state index in [1.165, 1.54) is 5.57 Å². The van der Waals surface area contributed by atoms with E-state index >= 15 is 0 Å². The Hall–Kier alpha value is -0.980. The molecule has 2 N–H and O–H groups in total. The third-order valence-electron chi connectivity index (χ3n) is 3.53. The molecule has 2 rings (SSSR count). The topological polar surface area (TPSA) is 48.9 Å². The Labute approximate surface area is 126 Å². The van der Waals surface area contributed by atoms with Crippen molar-refractivity contribution in [2.45, 2.75) is 26.2 Å². The molecule has 2 aliphatic rings. The van der Waals surface area contributed by atoms with Crippen LogP contribution in [0.15, 0.2) is 16.8 Å². The lowest BCUT2D eigenvalue weighted by Gasteiger charge is -2.26. The molecular weight excluding hydrogens is 272 g/mol. The zero-order valence-corrected chi connectivity index (χ0v) is 13.0. The monoisotopic (exact) mass is 296 g/mol. The number of nitrogens with one attached hydrogen (secondary N) is 2. The second kappa shape index (κ2) is 8.34. The molecule has 0 aromatic carbocycles. The quantitative estimate of drug-likeness (QED) is 0.454. The fraction of sp³-hybridized carbons (Fsp3) is 0.714. The summed E-state index contributed by atoms with van der Waals surface area (Å²) in [6.45, 7) is 7.91. The van der Waals surface area contributed by atoms with E-state index in [9.17, 15) is 0 Å². The summed E-state index contributed by atoms with van der Waals surface area (Å²) >= 11 is 5.20. The molecule has 1 aliphatic carbocycles. The normalized spacial score (nSPS) is 21.9. The van der Waals surface area contributed by atoms with E-state index < -0.39 is 0 Å². The second-order valence-electron chi connectivity index (χ2n) is 5.27. The number of nitrogens with zero attached hydrogens (tertiary/aromatic N) is 2. The van der Waals surface area contributed by atoms with Crippen molar-refractivity contribution in [1.29, 1.82) is 0 Å². The van der Waals surface area contributed by atoms with Crippen LogP contribution in [0.3, 0.4) is 0 Å². The number of hydrazone groups is 1. The number of morpholine rings is 1. The van der Waals surface area contributed by atoms with Gasteiger partial charge in [0, 0.05) is 19.6 Å². The molecule has 0 radical (unpaired) electrons. The van der Waals surface area contributed by atoms with Gasteiger partial charge in [-0.05, 0) is 51.0 Å². The first kappa shape index (κ1) is 15.4. The Bertz CT molecular complexity index is 389. The van der Waals surface area contributed by atoms with E-state index in [4.69, 9.17) is 17.0 Å². The number of ether oxygens (including phenoxy) is 1. The van der Waals surface area contributed by atoms with Crippen LogP contribution in [0.2, 0.25) is 0 Å². The maximum Gasteiger partial charge on any atom is 0.186 e. The predicted molar refractivity (Wildman–Crippen MR) is 86.0 cm³/mol. The van der Waals surface area contributed by atoms with Gasteiger partial charge >= 0.3 is 0 Å². The number of thiocarbonyl (C=S) groups is 1. The van der Waals surface area contributed by atoms with Gasteiger partial charge in [-0.1, -0.05) is 5.57 Å². The maximum absolute atomic E-state index is 5.32. The van der Waals surface area contributed by atoms with Crippen LogP contribution in [-0.4, -0.2) is 55.1 Å². The molecule has 0 saturated carbocycles. The smallest absolute Gasteiger partial charge is 0.186 e. The van der Waals surface area contributed by atoms with Crippen molar-refractivity contribution in [2.24, 2.45) is 5.10 Å². The molecule has 1 saturated heterocycles. The highest BCUT2D eigenvalue weighted by Crippen LogP contribution is 2.14. The van der Waals surface area contributed by atoms with Crippen molar-refractivity contribution < 1.29 is 4.74 Å². The predicted octanol–water partition coefficient (Wildman–Crippen LogP) is 1.27. The van der Waals surface area contributed by atoms with Gasteiger partial charge in [-0.3, -0.25) is 10.3 Å². The van der Waals surface area contributed by atoms with Crippen molar-refractivity contribution in [1.82, 2.24) is 15.6 Å². The Morgan fingerprint density at radius 2 is 2.20 bits per heavy atom. The molecular formula is C14H24N4OS. The van der Waals surface area contributed by atoms with Crippen LogP contribution in [0.1, 0.15) is 26.2 Å². The molecule has 0 amide bonds. The highest BCUT2D eigenvalue weighted by atomic mass is 32.1. The molecule has 0 unspecified atom stereocenters. The molecule has 0 aromatic heterocycles. The largest absolute Gasteiger partial charge is 0.379 e. The SMILES string of the molecule is CC1=C/C(=N\NC(=S)NCCCN2CCOCC2)CC1. The van der Waals surface area contributed by atoms with Crippen molar-refractivity contribution in [3.8, 4) is 0 Å². The molecule has 20 heavy (non-hydrogen) atoms. The van der Waals surface area contributed by atoms with Gasteiger partial charge in [-0.25, -0.2) is 0 Å². The maximum atomic E-state index is 5.32. The van der Waals surface area contributed by atoms with E-state index in [1.54, 1.807) is 0 Å². The summed E-state index contributed by atoms with van der Waals surface area (Å²) in [6.07, 6.45) is 5.32. The third kappa shape index (κ3) is 5.56. The zero-order chi connectivity index (χ0) is 14.2. The summed E-state index contributed by atoms with van der Waals surface area (Å²) in [5, 5.41) is 8.10. The van der Waals surface area contributed by atoms with Crippen LogP contribution in [0.5, 0.6) is 0 Å². The highest BCUT2D eigenvalue weighted by molar-refractivity contribution is 7.80. The summed E-state index contributed by atoms with van der Waals surface area (Å²) in [4.78, 5) is 2.42. The van der Waals surface area contributed by atoms with E-state index in [0.29, 0.717) is 5.11 Å². The van der Waals surface area contributed by atoms with Gasteiger partial charge in [0.15, 0.2) is 5.11 Å². The van der Waals surface area contributed by atoms with Gasteiger partial charge < -0.3 is 10.1 Å². The Morgan fingerprint density at radius 1 is 1.40 bits per heavy atom. The lowest BCUT2D eigenvalue weighted by atomic mass is 10.3. The van der Waals surface area contributed by atoms with Crippen molar-refractivity contribution in [3.63, 3.8) is 0 Å². The van der Waals surface area contributed by atoms with Crippen LogP contribution in [0.4, 0.5) is 0 Å².